The van der Waals surface area contributed by atoms with Crippen LogP contribution in [0.1, 0.15) is 194 Å². The lowest BCUT2D eigenvalue weighted by Crippen LogP contribution is -2.47. The summed E-state index contributed by atoms with van der Waals surface area (Å²) in [7, 11) is 0. The Morgan fingerprint density at radius 1 is 0.514 bits per heavy atom. The van der Waals surface area contributed by atoms with Crippen LogP contribution >= 0.6 is 11.8 Å². The van der Waals surface area contributed by atoms with E-state index < -0.39 is 41.1 Å². The quantitative estimate of drug-likeness (QED) is 0.0104. The molecule has 1 aliphatic carbocycles. The summed E-state index contributed by atoms with van der Waals surface area (Å²) in [6.07, 6.45) is 9.38. The average molecular weight is 1490 g/mol. The normalized spacial score (nSPS) is 17.8. The molecular weight excluding hydrogens is 1380 g/mol. The number of hydroxylamine groups is 2. The number of nitrogens with zero attached hydrogens (tertiary/aromatic N) is 1. The summed E-state index contributed by atoms with van der Waals surface area (Å²) in [5, 5.41) is 27.2. The van der Waals surface area contributed by atoms with Crippen molar-refractivity contribution in [1.82, 2.24) is 52.9 Å². The lowest BCUT2D eigenvalue weighted by atomic mass is 9.70. The number of imide groups is 1. The van der Waals surface area contributed by atoms with Gasteiger partial charge >= 0.3 is 12.0 Å². The van der Waals surface area contributed by atoms with Gasteiger partial charge in [0.2, 0.25) is 29.5 Å². The highest BCUT2D eigenvalue weighted by Gasteiger charge is 2.43. The molecule has 3 heterocycles. The Balaban J connectivity index is 0.827. The molecule has 10 amide bonds. The van der Waals surface area contributed by atoms with Crippen LogP contribution in [0.3, 0.4) is 0 Å². The number of hydrogen-bond acceptors (Lipinski definition) is 21. The van der Waals surface area contributed by atoms with Crippen molar-refractivity contribution >= 4 is 88.4 Å². The summed E-state index contributed by atoms with van der Waals surface area (Å²) < 4.78 is 28.4. The predicted molar refractivity (Wildman–Crippen MR) is 390 cm³/mol. The Morgan fingerprint density at radius 2 is 1.03 bits per heavy atom. The second-order valence-electron chi connectivity index (χ2n) is 26.8. The maximum atomic E-state index is 13.5. The molecule has 2 aromatic carbocycles. The van der Waals surface area contributed by atoms with Crippen LogP contribution in [0.4, 0.5) is 4.79 Å². The molecule has 105 heavy (non-hydrogen) atoms. The van der Waals surface area contributed by atoms with E-state index in [0.29, 0.717) is 169 Å². The van der Waals surface area contributed by atoms with Crippen molar-refractivity contribution < 1.29 is 90.9 Å². The number of carbonyl (C=O) groups excluding carboxylic acids is 13. The van der Waals surface area contributed by atoms with E-state index in [0.717, 1.165) is 25.0 Å². The fourth-order valence-electron chi connectivity index (χ4n) is 12.2. The molecule has 9 N–H and O–H groups in total. The van der Waals surface area contributed by atoms with Gasteiger partial charge in [-0.05, 0) is 101 Å². The van der Waals surface area contributed by atoms with Crippen LogP contribution in [-0.4, -0.2) is 216 Å². The average Bonchev–Trinajstić information content (AvgIpc) is 1.73. The van der Waals surface area contributed by atoms with E-state index in [4.69, 9.17) is 28.5 Å². The van der Waals surface area contributed by atoms with E-state index in [1.165, 1.54) is 0 Å². The lowest BCUT2D eigenvalue weighted by molar-refractivity contribution is -0.197. The fourth-order valence-corrected chi connectivity index (χ4v) is 13.7. The van der Waals surface area contributed by atoms with E-state index in [1.54, 1.807) is 48.5 Å². The van der Waals surface area contributed by atoms with E-state index in [2.05, 4.69) is 47.9 Å². The van der Waals surface area contributed by atoms with Crippen molar-refractivity contribution in [1.29, 1.82) is 0 Å². The highest BCUT2D eigenvalue weighted by atomic mass is 32.2. The standard InChI is InChI=1S/C75H110N10O19S/c1-3-75(2)50-59(86)69(60(87)51-75)56(76-38-42-101-46-47-102-43-39-81-72(96)55-28-26-54(27-29-55)71(95)53-18-6-4-7-19-53)20-9-11-23-62(88)77-35-15-13-21-57(82-65(91)31-30-64(90)78-34-14-5-8-25-68(94)104-85-66(92)32-33-67(85)93)73(97)80-37-17-41-100-45-49-103-48-44-99-40-16-36-79-63(89)24-12-10-22-61-70-58(52-105-61)83-74(98)84-70/h4,6-7,18-19,26-29,57-58,61,70,76H,3,5,8-17,20-25,30-52H2,1-2H3,(H,77,88)(H,78,90)(H,79,89)(H,80,97)(H,81,96)(H,82,91)(H2,83,84,98)/t57-,58-,61-,70-,75?/m0/s1. The maximum absolute atomic E-state index is 13.5. The largest absolute Gasteiger partial charge is 0.385 e. The fraction of sp³-hybridized carbons (Fsp3) is 0.640. The molecule has 4 fully saturated rings. The number of hydrogen-bond donors (Lipinski definition) is 9. The first kappa shape index (κ1) is 85.8. The predicted octanol–water partition coefficient (Wildman–Crippen LogP) is 5.06. The van der Waals surface area contributed by atoms with Crippen LogP contribution in [0.2, 0.25) is 0 Å². The number of carbonyl (C=O) groups is 13. The summed E-state index contributed by atoms with van der Waals surface area (Å²) in [5.74, 6) is -3.19. The molecule has 4 aliphatic rings. The second-order valence-corrected chi connectivity index (χ2v) is 28.1. The zero-order valence-electron chi connectivity index (χ0n) is 61.1. The van der Waals surface area contributed by atoms with Gasteiger partial charge in [0.05, 0.1) is 70.5 Å². The van der Waals surface area contributed by atoms with Gasteiger partial charge in [0.25, 0.3) is 17.7 Å². The second kappa shape index (κ2) is 48.9. The number of rotatable bonds is 55. The van der Waals surface area contributed by atoms with Gasteiger partial charge in [0.1, 0.15) is 6.04 Å². The summed E-state index contributed by atoms with van der Waals surface area (Å²) in [6, 6.07) is 14.7. The van der Waals surface area contributed by atoms with Crippen LogP contribution in [0.15, 0.2) is 65.9 Å². The van der Waals surface area contributed by atoms with E-state index in [-0.39, 0.29) is 169 Å². The van der Waals surface area contributed by atoms with Gasteiger partial charge in [0, 0.05) is 144 Å². The number of nitrogens with one attached hydrogen (secondary N) is 9. The van der Waals surface area contributed by atoms with Crippen molar-refractivity contribution in [3.8, 4) is 0 Å². The molecule has 4 atom stereocenters. The molecule has 3 aliphatic heterocycles. The van der Waals surface area contributed by atoms with Crippen molar-refractivity contribution in [3.63, 3.8) is 0 Å². The third-order valence-electron chi connectivity index (χ3n) is 18.3. The molecule has 3 saturated heterocycles. The number of benzene rings is 2. The molecule has 0 bridgehead atoms. The van der Waals surface area contributed by atoms with Gasteiger partial charge in [-0.3, -0.25) is 52.7 Å². The van der Waals surface area contributed by atoms with E-state index >= 15 is 0 Å². The number of unbranched alkanes of at least 4 members (excludes halogenated alkanes) is 5. The van der Waals surface area contributed by atoms with Gasteiger partial charge in [-0.15, -0.1) is 5.06 Å². The Morgan fingerprint density at radius 3 is 1.66 bits per heavy atom. The molecule has 0 radical (unpaired) electrons. The third kappa shape index (κ3) is 33.0. The highest BCUT2D eigenvalue weighted by Crippen LogP contribution is 2.38. The van der Waals surface area contributed by atoms with Gasteiger partial charge in [-0.2, -0.15) is 11.8 Å². The SMILES string of the molecule is CCC1(C)CC(=O)C(=C(CCCCC(=O)NCCCC[C@H](NC(=O)CCC(=O)NCCCCCC(=O)ON2C(=O)CCC2=O)C(=O)NCCCOCCOCCOCCCNC(=O)CCCC[C@@H]2SC[C@@H]3NC(=O)N[C@@H]32)NCCOCCOCCNC(=O)c2ccc(C(=O)c3ccccc3)cc2)C(=O)C1. The van der Waals surface area contributed by atoms with Crippen molar-refractivity contribution in [3.05, 3.63) is 82.6 Å². The zero-order chi connectivity index (χ0) is 75.4. The van der Waals surface area contributed by atoms with Crippen LogP contribution in [-0.2, 0) is 76.5 Å². The van der Waals surface area contributed by atoms with Crippen LogP contribution in [0.25, 0.3) is 0 Å². The van der Waals surface area contributed by atoms with Crippen molar-refractivity contribution in [2.45, 2.75) is 191 Å². The summed E-state index contributed by atoms with van der Waals surface area (Å²) in [5.41, 5.74) is 1.75. The first-order valence-electron chi connectivity index (χ1n) is 37.4. The molecule has 29 nitrogen and oxygen atoms in total. The van der Waals surface area contributed by atoms with Crippen LogP contribution in [0, 0.1) is 5.41 Å². The topological polar surface area (TPSA) is 389 Å². The van der Waals surface area contributed by atoms with Gasteiger partial charge in [0.15, 0.2) is 17.3 Å². The molecule has 1 saturated carbocycles. The van der Waals surface area contributed by atoms with Gasteiger partial charge in [-0.1, -0.05) is 69.2 Å². The van der Waals surface area contributed by atoms with Gasteiger partial charge in [-0.25, -0.2) is 9.59 Å². The molecular formula is C75H110N10O19S. The Hall–Kier alpha value is -8.16. The zero-order valence-corrected chi connectivity index (χ0v) is 61.9. The Kier molecular flexibility index (Phi) is 39.9. The minimum atomic E-state index is -0.931. The Bertz CT molecular complexity index is 3160. The maximum Gasteiger partial charge on any atom is 0.333 e. The highest BCUT2D eigenvalue weighted by molar-refractivity contribution is 8.00. The number of fused-ring (bicyclic) bond motifs is 1. The number of ketones is 3. The number of amides is 10. The Labute approximate surface area is 619 Å². The molecule has 0 aromatic heterocycles. The molecule has 2 aromatic rings. The monoisotopic (exact) mass is 1490 g/mol. The minimum absolute atomic E-state index is 0.000915. The van der Waals surface area contributed by atoms with Crippen LogP contribution in [0.5, 0.6) is 0 Å². The van der Waals surface area contributed by atoms with Crippen molar-refractivity contribution in [2.24, 2.45) is 5.41 Å². The number of thioether (sulfide) groups is 1. The number of urea groups is 1. The molecule has 6 rings (SSSR count). The van der Waals surface area contributed by atoms with E-state index in [1.807, 2.05) is 31.7 Å². The number of allylic oxidation sites excluding steroid dienone is 2. The minimum Gasteiger partial charge on any atom is -0.385 e. The number of Topliss-reactive ketones (excluding diaryl/α,β-unsaturated/α-hetero) is 2. The smallest absolute Gasteiger partial charge is 0.333 e. The summed E-state index contributed by atoms with van der Waals surface area (Å²) in [6.45, 7) is 9.12. The van der Waals surface area contributed by atoms with Gasteiger partial charge < -0.3 is 76.4 Å². The summed E-state index contributed by atoms with van der Waals surface area (Å²) in [4.78, 5) is 169. The van der Waals surface area contributed by atoms with Crippen molar-refractivity contribution in [2.75, 3.05) is 111 Å². The van der Waals surface area contributed by atoms with E-state index in [9.17, 15) is 62.3 Å². The summed E-state index contributed by atoms with van der Waals surface area (Å²) >= 11 is 1.87. The first-order chi connectivity index (χ1) is 50.8. The molecule has 0 spiro atoms. The molecule has 0 unspecified atom stereocenters. The number of ether oxygens (including phenoxy) is 5. The first-order valence-corrected chi connectivity index (χ1v) is 38.4. The van der Waals surface area contributed by atoms with Crippen LogP contribution < -0.4 is 47.9 Å². The molecule has 580 valence electrons. The third-order valence-corrected chi connectivity index (χ3v) is 19.8. The molecule has 30 heteroatoms. The lowest BCUT2D eigenvalue weighted by Gasteiger charge is -2.32.